The summed E-state index contributed by atoms with van der Waals surface area (Å²) in [6.45, 7) is 6.73. The number of aliphatic hydroxyl groups is 2. The maximum atomic E-state index is 9.94. The highest BCUT2D eigenvalue weighted by molar-refractivity contribution is 5.91. The number of aliphatic hydroxyl groups excluding tert-OH is 2. The standard InChI is InChI=1S/C42H39N9O4/c1-26-33(34-6-4-8-36(27(34)2)47-40-38-31(9-12-45-40)18-29(22-46-38)23-50-13-10-32(53)24-50)5-3-7-35(26)42-48-39-37(55-42)11-14-51(15-16-52)41(39)49-54-25-30-17-28(19-43)20-44-21-30/h3-9,11-12,14,17-18,20-22,32,52-53H,10,13,15-16,23-25H2,1-2H3,(H,45,47)/b49-41+/t32-/m1/s1. The van der Waals surface area contributed by atoms with Gasteiger partial charge < -0.3 is 29.4 Å². The second-order valence-electron chi connectivity index (χ2n) is 13.7. The number of rotatable bonds is 11. The number of nitriles is 1. The number of pyridine rings is 4. The van der Waals surface area contributed by atoms with Crippen LogP contribution in [0.25, 0.3) is 44.6 Å². The molecule has 0 aliphatic carbocycles. The molecule has 0 bridgehead atoms. The Bertz CT molecular complexity index is 2650. The van der Waals surface area contributed by atoms with Gasteiger partial charge in [-0.3, -0.25) is 14.9 Å². The lowest BCUT2D eigenvalue weighted by atomic mass is 9.93. The smallest absolute Gasteiger partial charge is 0.227 e. The first-order valence-electron chi connectivity index (χ1n) is 18.1. The summed E-state index contributed by atoms with van der Waals surface area (Å²) in [6, 6.07) is 21.9. The van der Waals surface area contributed by atoms with Crippen molar-refractivity contribution in [3.8, 4) is 28.7 Å². The first-order valence-corrected chi connectivity index (χ1v) is 18.1. The van der Waals surface area contributed by atoms with Crippen LogP contribution in [0.5, 0.6) is 0 Å². The molecular weight excluding hydrogens is 695 g/mol. The van der Waals surface area contributed by atoms with E-state index in [0.717, 1.165) is 69.5 Å². The van der Waals surface area contributed by atoms with Crippen molar-refractivity contribution in [1.82, 2.24) is 29.4 Å². The van der Waals surface area contributed by atoms with Crippen LogP contribution in [0, 0.1) is 25.2 Å². The molecule has 2 aromatic carbocycles. The van der Waals surface area contributed by atoms with Gasteiger partial charge in [-0.2, -0.15) is 5.26 Å². The number of anilines is 2. The SMILES string of the molecule is Cc1c(Nc2nccc3cc(CN4CC[C@@H](O)C4)cnc23)cccc1-c1cccc(-c2nc3/c(=N\OCc4cncc(C#N)c4)n(CCO)ccc3o2)c1C. The number of oxazole rings is 1. The maximum absolute atomic E-state index is 9.94. The molecule has 0 saturated carbocycles. The van der Waals surface area contributed by atoms with E-state index >= 15 is 0 Å². The van der Waals surface area contributed by atoms with Crippen LogP contribution in [0.3, 0.4) is 0 Å². The molecule has 0 unspecified atom stereocenters. The van der Waals surface area contributed by atoms with E-state index in [1.165, 1.54) is 6.20 Å². The van der Waals surface area contributed by atoms with E-state index in [1.54, 1.807) is 35.3 Å². The Morgan fingerprint density at radius 2 is 1.82 bits per heavy atom. The lowest BCUT2D eigenvalue weighted by molar-refractivity contribution is 0.116. The van der Waals surface area contributed by atoms with Gasteiger partial charge in [0, 0.05) is 79.4 Å². The molecule has 7 aromatic rings. The van der Waals surface area contributed by atoms with E-state index in [0.29, 0.717) is 46.0 Å². The van der Waals surface area contributed by atoms with Crippen molar-refractivity contribution < 1.29 is 19.5 Å². The molecule has 0 amide bonds. The molecular formula is C42H39N9O4. The van der Waals surface area contributed by atoms with Crippen molar-refractivity contribution >= 4 is 33.5 Å². The molecule has 1 aliphatic rings. The van der Waals surface area contributed by atoms with E-state index in [2.05, 4.69) is 63.5 Å². The third-order valence-electron chi connectivity index (χ3n) is 9.94. The summed E-state index contributed by atoms with van der Waals surface area (Å²) in [7, 11) is 0. The summed E-state index contributed by atoms with van der Waals surface area (Å²) < 4.78 is 8.08. The number of nitrogens with one attached hydrogen (secondary N) is 1. The molecule has 3 N–H and O–H groups in total. The molecule has 1 aliphatic heterocycles. The van der Waals surface area contributed by atoms with Gasteiger partial charge in [-0.25, -0.2) is 9.97 Å². The topological polar surface area (TPSA) is 171 Å². The number of β-amino-alcohol motifs (C(OH)–C–C–N with tert-alkyl or cyclic N) is 1. The third kappa shape index (κ3) is 7.39. The first-order chi connectivity index (χ1) is 26.9. The second-order valence-corrected chi connectivity index (χ2v) is 13.7. The van der Waals surface area contributed by atoms with Crippen LogP contribution < -0.4 is 10.8 Å². The Morgan fingerprint density at radius 1 is 0.982 bits per heavy atom. The highest BCUT2D eigenvalue weighted by Gasteiger charge is 2.21. The Hall–Kier alpha value is -6.46. The predicted octanol–water partition coefficient (Wildman–Crippen LogP) is 6.13. The van der Waals surface area contributed by atoms with E-state index in [1.807, 2.05) is 36.5 Å². The van der Waals surface area contributed by atoms with Gasteiger partial charge >= 0.3 is 0 Å². The number of fused-ring (bicyclic) bond motifs is 2. The molecule has 6 heterocycles. The number of hydrogen-bond acceptors (Lipinski definition) is 12. The Balaban J connectivity index is 1.09. The van der Waals surface area contributed by atoms with Gasteiger partial charge in [0.2, 0.25) is 11.4 Å². The van der Waals surface area contributed by atoms with Gasteiger partial charge in [-0.1, -0.05) is 29.4 Å². The largest absolute Gasteiger partial charge is 0.436 e. The van der Waals surface area contributed by atoms with Crippen molar-refractivity contribution in [3.05, 3.63) is 125 Å². The average molecular weight is 734 g/mol. The van der Waals surface area contributed by atoms with E-state index in [4.69, 9.17) is 19.2 Å². The summed E-state index contributed by atoms with van der Waals surface area (Å²) >= 11 is 0. The highest BCUT2D eigenvalue weighted by Crippen LogP contribution is 2.37. The number of hydrogen-bond donors (Lipinski definition) is 3. The van der Waals surface area contributed by atoms with E-state index in [9.17, 15) is 15.5 Å². The number of benzene rings is 2. The maximum Gasteiger partial charge on any atom is 0.227 e. The zero-order valence-corrected chi connectivity index (χ0v) is 30.5. The molecule has 5 aromatic heterocycles. The summed E-state index contributed by atoms with van der Waals surface area (Å²) in [5.74, 6) is 1.10. The van der Waals surface area contributed by atoms with Crippen molar-refractivity contribution in [2.75, 3.05) is 25.0 Å². The number of likely N-dealkylation sites (tertiary alicyclic amines) is 1. The Morgan fingerprint density at radius 3 is 2.64 bits per heavy atom. The van der Waals surface area contributed by atoms with Gasteiger partial charge in [-0.15, -0.1) is 0 Å². The van der Waals surface area contributed by atoms with Gasteiger partial charge in [0.25, 0.3) is 0 Å². The zero-order chi connectivity index (χ0) is 37.9. The molecule has 13 nitrogen and oxygen atoms in total. The zero-order valence-electron chi connectivity index (χ0n) is 30.5. The molecule has 1 saturated heterocycles. The molecule has 276 valence electrons. The summed E-state index contributed by atoms with van der Waals surface area (Å²) in [6.07, 6.45) is 9.12. The summed E-state index contributed by atoms with van der Waals surface area (Å²) in [5, 5.41) is 37.9. The first kappa shape index (κ1) is 35.6. The molecule has 1 atom stereocenters. The number of aromatic nitrogens is 5. The van der Waals surface area contributed by atoms with Gasteiger partial charge in [0.05, 0.1) is 18.3 Å². The van der Waals surface area contributed by atoms with Crippen LogP contribution in [0.15, 0.2) is 101 Å². The van der Waals surface area contributed by atoms with Crippen molar-refractivity contribution in [3.63, 3.8) is 0 Å². The monoisotopic (exact) mass is 733 g/mol. The fraction of sp³-hybridized carbons (Fsp3) is 0.238. The van der Waals surface area contributed by atoms with Crippen LogP contribution in [-0.4, -0.2) is 65.4 Å². The van der Waals surface area contributed by atoms with Crippen LogP contribution in [0.2, 0.25) is 0 Å². The summed E-state index contributed by atoms with van der Waals surface area (Å²) in [4.78, 5) is 26.4. The van der Waals surface area contributed by atoms with Crippen molar-refractivity contribution in [2.45, 2.75) is 46.1 Å². The minimum absolute atomic E-state index is 0.0937. The lowest BCUT2D eigenvalue weighted by Gasteiger charge is -2.17. The molecule has 55 heavy (non-hydrogen) atoms. The fourth-order valence-electron chi connectivity index (χ4n) is 7.11. The lowest BCUT2D eigenvalue weighted by Crippen LogP contribution is -2.23. The van der Waals surface area contributed by atoms with E-state index in [-0.39, 0.29) is 25.9 Å². The highest BCUT2D eigenvalue weighted by atomic mass is 16.6. The molecule has 1 fully saturated rings. The minimum Gasteiger partial charge on any atom is -0.436 e. The molecule has 8 rings (SSSR count). The Kier molecular flexibility index (Phi) is 10.0. The van der Waals surface area contributed by atoms with Crippen LogP contribution in [0.4, 0.5) is 11.5 Å². The van der Waals surface area contributed by atoms with Gasteiger partial charge in [0.1, 0.15) is 18.2 Å². The molecule has 13 heteroatoms. The minimum atomic E-state index is -0.257. The van der Waals surface area contributed by atoms with Crippen LogP contribution >= 0.6 is 0 Å². The third-order valence-corrected chi connectivity index (χ3v) is 9.94. The quantitative estimate of drug-likeness (QED) is 0.131. The van der Waals surface area contributed by atoms with Crippen LogP contribution in [0.1, 0.15) is 34.2 Å². The van der Waals surface area contributed by atoms with Crippen LogP contribution in [-0.2, 0) is 24.5 Å². The van der Waals surface area contributed by atoms with Crippen molar-refractivity contribution in [1.29, 1.82) is 5.26 Å². The van der Waals surface area contributed by atoms with Gasteiger partial charge in [-0.05, 0) is 84.5 Å². The van der Waals surface area contributed by atoms with Gasteiger partial charge in [0.15, 0.2) is 16.9 Å². The Labute approximate surface area is 316 Å². The predicted molar refractivity (Wildman–Crippen MR) is 207 cm³/mol. The molecule has 0 radical (unpaired) electrons. The normalized spacial score (nSPS) is 14.8. The summed E-state index contributed by atoms with van der Waals surface area (Å²) in [5.41, 5.74) is 10.3. The second kappa shape index (κ2) is 15.5. The molecule has 0 spiro atoms. The van der Waals surface area contributed by atoms with Crippen molar-refractivity contribution in [2.24, 2.45) is 5.16 Å². The fourth-order valence-corrected chi connectivity index (χ4v) is 7.11. The number of nitrogens with zero attached hydrogens (tertiary/aromatic N) is 8. The average Bonchev–Trinajstić information content (AvgIpc) is 3.82. The van der Waals surface area contributed by atoms with E-state index < -0.39 is 0 Å².